The molecule has 0 aromatic heterocycles. The Morgan fingerprint density at radius 2 is 1.13 bits per heavy atom. The van der Waals surface area contributed by atoms with Crippen LogP contribution in [-0.4, -0.2) is 6.21 Å². The zero-order valence-electron chi connectivity index (χ0n) is 12.9. The molecule has 3 rings (SSSR count). The summed E-state index contributed by atoms with van der Waals surface area (Å²) in [5, 5.41) is 8.47. The van der Waals surface area contributed by atoms with Gasteiger partial charge in [-0.1, -0.05) is 48.0 Å². The summed E-state index contributed by atoms with van der Waals surface area (Å²) < 4.78 is 0. The number of nitrogens with zero attached hydrogens (tertiary/aromatic N) is 3. The van der Waals surface area contributed by atoms with Crippen LogP contribution in [0.15, 0.2) is 94.1 Å². The molecule has 3 nitrogen and oxygen atoms in total. The third-order valence-electron chi connectivity index (χ3n) is 3.33. The van der Waals surface area contributed by atoms with Crippen molar-refractivity contribution in [2.45, 2.75) is 6.92 Å². The number of hydrogen-bond acceptors (Lipinski definition) is 3. The molecule has 0 N–H and O–H groups in total. The van der Waals surface area contributed by atoms with Crippen LogP contribution < -0.4 is 0 Å². The summed E-state index contributed by atoms with van der Waals surface area (Å²) in [6.07, 6.45) is 1.85. The van der Waals surface area contributed by atoms with E-state index >= 15 is 0 Å². The lowest BCUT2D eigenvalue weighted by Crippen LogP contribution is -1.77. The summed E-state index contributed by atoms with van der Waals surface area (Å²) in [7, 11) is 0. The van der Waals surface area contributed by atoms with Crippen molar-refractivity contribution in [2.24, 2.45) is 15.2 Å². The molecule has 0 aliphatic carbocycles. The van der Waals surface area contributed by atoms with E-state index in [0.717, 1.165) is 22.6 Å². The van der Waals surface area contributed by atoms with Gasteiger partial charge in [0.05, 0.1) is 17.1 Å². The van der Waals surface area contributed by atoms with Crippen LogP contribution in [0.25, 0.3) is 0 Å². The second-order valence-electron chi connectivity index (χ2n) is 5.22. The molecule has 112 valence electrons. The molecule has 0 aliphatic heterocycles. The van der Waals surface area contributed by atoms with Crippen molar-refractivity contribution in [1.29, 1.82) is 0 Å². The standard InChI is InChI=1S/C20H17N3/c1-16-7-9-19(10-8-16)22-23-20-13-11-18(12-14-20)21-15-17-5-3-2-4-6-17/h2-15H,1H3. The summed E-state index contributed by atoms with van der Waals surface area (Å²) in [5.41, 5.74) is 4.84. The number of aliphatic imine (C=N–C) groups is 1. The lowest BCUT2D eigenvalue weighted by molar-refractivity contribution is 1.23. The first-order valence-electron chi connectivity index (χ1n) is 7.47. The van der Waals surface area contributed by atoms with Crippen molar-refractivity contribution in [3.05, 3.63) is 90.0 Å². The van der Waals surface area contributed by atoms with Crippen molar-refractivity contribution in [2.75, 3.05) is 0 Å². The molecule has 0 unspecified atom stereocenters. The van der Waals surface area contributed by atoms with Crippen molar-refractivity contribution in [3.8, 4) is 0 Å². The minimum Gasteiger partial charge on any atom is -0.256 e. The van der Waals surface area contributed by atoms with Gasteiger partial charge in [0.1, 0.15) is 0 Å². The predicted molar refractivity (Wildman–Crippen MR) is 95.5 cm³/mol. The van der Waals surface area contributed by atoms with Crippen molar-refractivity contribution in [3.63, 3.8) is 0 Å². The Hall–Kier alpha value is -3.07. The molecule has 0 aliphatic rings. The first-order chi connectivity index (χ1) is 11.3. The fourth-order valence-electron chi connectivity index (χ4n) is 2.02. The topological polar surface area (TPSA) is 37.1 Å². The summed E-state index contributed by atoms with van der Waals surface area (Å²) in [5.74, 6) is 0. The van der Waals surface area contributed by atoms with Gasteiger partial charge >= 0.3 is 0 Å². The van der Waals surface area contributed by atoms with E-state index < -0.39 is 0 Å². The van der Waals surface area contributed by atoms with E-state index in [0.29, 0.717) is 0 Å². The molecule has 3 aromatic rings. The van der Waals surface area contributed by atoms with E-state index in [9.17, 15) is 0 Å². The zero-order chi connectivity index (χ0) is 15.9. The monoisotopic (exact) mass is 299 g/mol. The van der Waals surface area contributed by atoms with Gasteiger partial charge in [0.15, 0.2) is 0 Å². The van der Waals surface area contributed by atoms with E-state index in [2.05, 4.69) is 22.1 Å². The summed E-state index contributed by atoms with van der Waals surface area (Å²) in [4.78, 5) is 4.45. The minimum absolute atomic E-state index is 0.809. The molecule has 0 radical (unpaired) electrons. The van der Waals surface area contributed by atoms with Crippen LogP contribution >= 0.6 is 0 Å². The van der Waals surface area contributed by atoms with E-state index in [1.807, 2.05) is 85.1 Å². The first kappa shape index (κ1) is 14.9. The number of azo groups is 1. The van der Waals surface area contributed by atoms with Crippen LogP contribution in [0.1, 0.15) is 11.1 Å². The van der Waals surface area contributed by atoms with Crippen LogP contribution in [0.2, 0.25) is 0 Å². The zero-order valence-corrected chi connectivity index (χ0v) is 12.9. The van der Waals surface area contributed by atoms with Gasteiger partial charge in [0, 0.05) is 6.21 Å². The van der Waals surface area contributed by atoms with Gasteiger partial charge < -0.3 is 0 Å². The highest BCUT2D eigenvalue weighted by Crippen LogP contribution is 2.21. The summed E-state index contributed by atoms with van der Waals surface area (Å²) >= 11 is 0. The van der Waals surface area contributed by atoms with Gasteiger partial charge in [-0.3, -0.25) is 4.99 Å². The molecule has 0 atom stereocenters. The van der Waals surface area contributed by atoms with Crippen molar-refractivity contribution in [1.82, 2.24) is 0 Å². The average Bonchev–Trinajstić information content (AvgIpc) is 2.61. The highest BCUT2D eigenvalue weighted by atomic mass is 15.1. The Kier molecular flexibility index (Phi) is 4.69. The molecule has 0 heterocycles. The van der Waals surface area contributed by atoms with Gasteiger partial charge in [-0.05, 0) is 48.9 Å². The predicted octanol–water partition coefficient (Wildman–Crippen LogP) is 6.16. The second-order valence-corrected chi connectivity index (χ2v) is 5.22. The van der Waals surface area contributed by atoms with Gasteiger partial charge in [0.2, 0.25) is 0 Å². The van der Waals surface area contributed by atoms with Crippen LogP contribution in [-0.2, 0) is 0 Å². The largest absolute Gasteiger partial charge is 0.256 e. The molecular weight excluding hydrogens is 282 g/mol. The normalized spacial score (nSPS) is 11.3. The number of rotatable bonds is 4. The number of hydrogen-bond donors (Lipinski definition) is 0. The lowest BCUT2D eigenvalue weighted by Gasteiger charge is -1.96. The molecule has 0 saturated carbocycles. The Balaban J connectivity index is 1.67. The molecule has 0 saturated heterocycles. The van der Waals surface area contributed by atoms with E-state index in [1.165, 1.54) is 5.56 Å². The van der Waals surface area contributed by atoms with Crippen LogP contribution in [0.4, 0.5) is 17.1 Å². The molecule has 0 fully saturated rings. The fourth-order valence-corrected chi connectivity index (χ4v) is 2.02. The lowest BCUT2D eigenvalue weighted by atomic mass is 10.2. The molecule has 0 amide bonds. The minimum atomic E-state index is 0.809. The van der Waals surface area contributed by atoms with Crippen molar-refractivity contribution >= 4 is 23.3 Å². The molecular formula is C20H17N3. The Morgan fingerprint density at radius 1 is 0.609 bits per heavy atom. The third-order valence-corrected chi connectivity index (χ3v) is 3.33. The van der Waals surface area contributed by atoms with E-state index in [1.54, 1.807) is 0 Å². The summed E-state index contributed by atoms with van der Waals surface area (Å²) in [6.45, 7) is 2.05. The van der Waals surface area contributed by atoms with Gasteiger partial charge in [-0.15, -0.1) is 0 Å². The van der Waals surface area contributed by atoms with Crippen LogP contribution in [0.3, 0.4) is 0 Å². The average molecular weight is 299 g/mol. The SMILES string of the molecule is Cc1ccc(N=Nc2ccc(N=Cc3ccccc3)cc2)cc1. The Labute approximate surface area is 136 Å². The maximum absolute atomic E-state index is 4.45. The van der Waals surface area contributed by atoms with Gasteiger partial charge in [-0.25, -0.2) is 0 Å². The van der Waals surface area contributed by atoms with E-state index in [4.69, 9.17) is 0 Å². The highest BCUT2D eigenvalue weighted by molar-refractivity contribution is 5.81. The van der Waals surface area contributed by atoms with Gasteiger partial charge in [0.25, 0.3) is 0 Å². The smallest absolute Gasteiger partial charge is 0.0858 e. The van der Waals surface area contributed by atoms with Crippen LogP contribution in [0, 0.1) is 6.92 Å². The summed E-state index contributed by atoms with van der Waals surface area (Å²) in [6, 6.07) is 25.7. The third kappa shape index (κ3) is 4.45. The van der Waals surface area contributed by atoms with Gasteiger partial charge in [-0.2, -0.15) is 10.2 Å². The molecule has 0 bridgehead atoms. The van der Waals surface area contributed by atoms with Crippen molar-refractivity contribution < 1.29 is 0 Å². The number of aryl methyl sites for hydroxylation is 1. The molecule has 3 aromatic carbocycles. The molecule has 3 heteroatoms. The Bertz CT molecular complexity index is 802. The number of benzene rings is 3. The maximum atomic E-state index is 4.45. The maximum Gasteiger partial charge on any atom is 0.0858 e. The van der Waals surface area contributed by atoms with Crippen LogP contribution in [0.5, 0.6) is 0 Å². The van der Waals surface area contributed by atoms with E-state index in [-0.39, 0.29) is 0 Å². The highest BCUT2D eigenvalue weighted by Gasteiger charge is 1.93. The molecule has 0 spiro atoms. The molecule has 23 heavy (non-hydrogen) atoms. The second kappa shape index (κ2) is 7.27. The quantitative estimate of drug-likeness (QED) is 0.408. The Morgan fingerprint density at radius 3 is 1.74 bits per heavy atom. The first-order valence-corrected chi connectivity index (χ1v) is 7.47. The fraction of sp³-hybridized carbons (Fsp3) is 0.0500.